The normalized spacial score (nSPS) is 17.8. The molecule has 0 atom stereocenters. The van der Waals surface area contributed by atoms with E-state index in [0.29, 0.717) is 12.8 Å². The molecule has 21 heavy (non-hydrogen) atoms. The highest BCUT2D eigenvalue weighted by Crippen LogP contribution is 2.34. The van der Waals surface area contributed by atoms with Crippen LogP contribution in [0.2, 0.25) is 0 Å². The van der Waals surface area contributed by atoms with Gasteiger partial charge in [0.2, 0.25) is 0 Å². The molecule has 4 nitrogen and oxygen atoms in total. The largest absolute Gasteiger partial charge is 0.481 e. The third-order valence-electron chi connectivity index (χ3n) is 4.22. The molecule has 0 radical (unpaired) electrons. The molecular weight excluding hydrogens is 273 g/mol. The van der Waals surface area contributed by atoms with Gasteiger partial charge in [-0.1, -0.05) is 37.8 Å². The first-order valence-electron chi connectivity index (χ1n) is 7.31. The van der Waals surface area contributed by atoms with Gasteiger partial charge in [-0.25, -0.2) is 4.39 Å². The molecule has 0 heterocycles. The van der Waals surface area contributed by atoms with Crippen LogP contribution in [0.3, 0.4) is 0 Å². The average Bonchev–Trinajstić information content (AvgIpc) is 2.72. The molecule has 0 unspecified atom stereocenters. The van der Waals surface area contributed by atoms with Crippen molar-refractivity contribution in [3.63, 3.8) is 0 Å². The van der Waals surface area contributed by atoms with E-state index in [0.717, 1.165) is 25.7 Å². The molecule has 0 aliphatic heterocycles. The maximum absolute atomic E-state index is 13.5. The fraction of sp³-hybridized carbons (Fsp3) is 0.500. The van der Waals surface area contributed by atoms with Crippen LogP contribution in [0, 0.1) is 11.2 Å². The van der Waals surface area contributed by atoms with Crippen molar-refractivity contribution in [2.45, 2.75) is 38.5 Å². The summed E-state index contributed by atoms with van der Waals surface area (Å²) in [5, 5.41) is 12.1. The summed E-state index contributed by atoms with van der Waals surface area (Å²) in [7, 11) is 0. The van der Waals surface area contributed by atoms with Gasteiger partial charge in [-0.2, -0.15) is 0 Å². The molecule has 0 aromatic heterocycles. The number of nitrogens with one attached hydrogen (secondary N) is 1. The third-order valence-corrected chi connectivity index (χ3v) is 4.22. The number of benzene rings is 1. The summed E-state index contributed by atoms with van der Waals surface area (Å²) >= 11 is 0. The second-order valence-electron chi connectivity index (χ2n) is 5.66. The predicted molar refractivity (Wildman–Crippen MR) is 76.5 cm³/mol. The maximum atomic E-state index is 13.5. The number of carboxylic acids is 1. The molecule has 0 spiro atoms. The van der Waals surface area contributed by atoms with Crippen LogP contribution in [0.15, 0.2) is 24.3 Å². The van der Waals surface area contributed by atoms with Crippen LogP contribution < -0.4 is 5.32 Å². The fourth-order valence-electron chi connectivity index (χ4n) is 2.86. The molecule has 0 saturated heterocycles. The number of hydrogen-bond donors (Lipinski definition) is 2. The highest BCUT2D eigenvalue weighted by atomic mass is 19.1. The smallest absolute Gasteiger partial charge is 0.311 e. The summed E-state index contributed by atoms with van der Waals surface area (Å²) in [6, 6.07) is 5.70. The van der Waals surface area contributed by atoms with E-state index in [4.69, 9.17) is 0 Å². The number of halogens is 1. The van der Waals surface area contributed by atoms with E-state index >= 15 is 0 Å². The first-order chi connectivity index (χ1) is 10.1. The molecule has 5 heteroatoms. The fourth-order valence-corrected chi connectivity index (χ4v) is 2.86. The van der Waals surface area contributed by atoms with Crippen molar-refractivity contribution in [1.82, 2.24) is 5.32 Å². The zero-order valence-corrected chi connectivity index (χ0v) is 11.9. The highest BCUT2D eigenvalue weighted by Gasteiger charge is 2.39. The van der Waals surface area contributed by atoms with Crippen LogP contribution in [0.1, 0.15) is 48.9 Å². The van der Waals surface area contributed by atoms with E-state index in [-0.39, 0.29) is 12.1 Å². The molecule has 0 bridgehead atoms. The average molecular weight is 293 g/mol. The lowest BCUT2D eigenvalue weighted by Crippen LogP contribution is -2.43. The van der Waals surface area contributed by atoms with Crippen molar-refractivity contribution in [3.05, 3.63) is 35.6 Å². The topological polar surface area (TPSA) is 66.4 Å². The Kier molecular flexibility index (Phi) is 4.94. The molecule has 1 aromatic carbocycles. The van der Waals surface area contributed by atoms with Gasteiger partial charge < -0.3 is 10.4 Å². The van der Waals surface area contributed by atoms with Gasteiger partial charge in [-0.05, 0) is 25.0 Å². The molecule has 2 N–H and O–H groups in total. The Morgan fingerprint density at radius 1 is 1.14 bits per heavy atom. The first-order valence-corrected chi connectivity index (χ1v) is 7.31. The van der Waals surface area contributed by atoms with Crippen molar-refractivity contribution in [3.8, 4) is 0 Å². The van der Waals surface area contributed by atoms with E-state index in [1.807, 2.05) is 0 Å². The van der Waals surface area contributed by atoms with Gasteiger partial charge in [0.25, 0.3) is 5.91 Å². The van der Waals surface area contributed by atoms with Gasteiger partial charge in [-0.15, -0.1) is 0 Å². The van der Waals surface area contributed by atoms with Crippen molar-refractivity contribution in [2.24, 2.45) is 5.41 Å². The number of aliphatic carboxylic acids is 1. The van der Waals surface area contributed by atoms with E-state index in [2.05, 4.69) is 5.32 Å². The number of rotatable bonds is 4. The Labute approximate surface area is 123 Å². The minimum absolute atomic E-state index is 0.0494. The summed E-state index contributed by atoms with van der Waals surface area (Å²) in [6.45, 7) is 0.0511. The van der Waals surface area contributed by atoms with Crippen LogP contribution in [-0.4, -0.2) is 23.5 Å². The lowest BCUT2D eigenvalue weighted by molar-refractivity contribution is -0.149. The summed E-state index contributed by atoms with van der Waals surface area (Å²) in [5.74, 6) is -2.03. The molecular formula is C16H20FNO3. The molecule has 1 aliphatic rings. The Morgan fingerprint density at radius 2 is 1.76 bits per heavy atom. The van der Waals surface area contributed by atoms with Crippen LogP contribution in [0.4, 0.5) is 4.39 Å². The lowest BCUT2D eigenvalue weighted by Gasteiger charge is -2.28. The molecule has 1 aliphatic carbocycles. The Hall–Kier alpha value is -1.91. The number of carbonyl (C=O) groups is 2. The predicted octanol–water partition coefficient (Wildman–Crippen LogP) is 2.98. The molecule has 1 saturated carbocycles. The van der Waals surface area contributed by atoms with Crippen molar-refractivity contribution >= 4 is 11.9 Å². The van der Waals surface area contributed by atoms with Crippen LogP contribution >= 0.6 is 0 Å². The number of amides is 1. The lowest BCUT2D eigenvalue weighted by atomic mass is 9.80. The summed E-state index contributed by atoms with van der Waals surface area (Å²) in [6.07, 6.45) is 4.86. The number of hydrogen-bond acceptors (Lipinski definition) is 2. The molecule has 114 valence electrons. The van der Waals surface area contributed by atoms with Gasteiger partial charge in [-0.3, -0.25) is 9.59 Å². The molecule has 1 fully saturated rings. The number of carbonyl (C=O) groups excluding carboxylic acids is 1. The quantitative estimate of drug-likeness (QED) is 0.839. The Balaban J connectivity index is 2.07. The van der Waals surface area contributed by atoms with E-state index in [9.17, 15) is 19.1 Å². The monoisotopic (exact) mass is 293 g/mol. The van der Waals surface area contributed by atoms with Gasteiger partial charge >= 0.3 is 5.97 Å². The zero-order valence-electron chi connectivity index (χ0n) is 11.9. The minimum Gasteiger partial charge on any atom is -0.481 e. The van der Waals surface area contributed by atoms with Gasteiger partial charge in [0, 0.05) is 6.54 Å². The first kappa shape index (κ1) is 15.5. The van der Waals surface area contributed by atoms with Crippen molar-refractivity contribution < 1.29 is 19.1 Å². The minimum atomic E-state index is -0.919. The summed E-state index contributed by atoms with van der Waals surface area (Å²) in [5.41, 5.74) is -0.969. The van der Waals surface area contributed by atoms with Gasteiger partial charge in [0.05, 0.1) is 11.0 Å². The van der Waals surface area contributed by atoms with Crippen LogP contribution in [0.25, 0.3) is 0 Å². The zero-order chi connectivity index (χ0) is 15.3. The standard InChI is InChI=1S/C16H20FNO3/c17-13-8-4-3-7-12(13)14(19)18-11-16(15(20)21)9-5-1-2-6-10-16/h3-4,7-8H,1-2,5-6,9-11H2,(H,18,19)(H,20,21). The highest BCUT2D eigenvalue weighted by molar-refractivity contribution is 5.94. The second-order valence-corrected chi connectivity index (χ2v) is 5.66. The summed E-state index contributed by atoms with van der Waals surface area (Å²) in [4.78, 5) is 23.6. The van der Waals surface area contributed by atoms with Crippen LogP contribution in [0.5, 0.6) is 0 Å². The third kappa shape index (κ3) is 3.60. The van der Waals surface area contributed by atoms with Gasteiger partial charge in [0.15, 0.2) is 0 Å². The van der Waals surface area contributed by atoms with Gasteiger partial charge in [0.1, 0.15) is 5.82 Å². The van der Waals surface area contributed by atoms with E-state index in [1.54, 1.807) is 6.07 Å². The van der Waals surface area contributed by atoms with E-state index in [1.165, 1.54) is 18.2 Å². The molecule has 2 rings (SSSR count). The molecule has 1 amide bonds. The summed E-state index contributed by atoms with van der Waals surface area (Å²) < 4.78 is 13.5. The second kappa shape index (κ2) is 6.70. The molecule has 1 aromatic rings. The Morgan fingerprint density at radius 3 is 2.33 bits per heavy atom. The Bertz CT molecular complexity index is 522. The maximum Gasteiger partial charge on any atom is 0.311 e. The SMILES string of the molecule is O=C(NCC1(C(=O)O)CCCCCC1)c1ccccc1F. The van der Waals surface area contributed by atoms with Crippen LogP contribution in [-0.2, 0) is 4.79 Å². The van der Waals surface area contributed by atoms with Crippen molar-refractivity contribution in [2.75, 3.05) is 6.54 Å². The van der Waals surface area contributed by atoms with Crippen molar-refractivity contribution in [1.29, 1.82) is 0 Å². The number of carboxylic acid groups (broad SMARTS) is 1. The van der Waals surface area contributed by atoms with E-state index < -0.39 is 23.1 Å².